The first-order chi connectivity index (χ1) is 13.3. The van der Waals surface area contributed by atoms with Crippen LogP contribution < -0.4 is 16.4 Å². The lowest BCUT2D eigenvalue weighted by Crippen LogP contribution is -2.54. The second-order valence-corrected chi connectivity index (χ2v) is 6.56. The van der Waals surface area contributed by atoms with Crippen molar-refractivity contribution in [2.75, 3.05) is 13.2 Å². The van der Waals surface area contributed by atoms with Gasteiger partial charge < -0.3 is 26.2 Å². The van der Waals surface area contributed by atoms with Gasteiger partial charge in [0.25, 0.3) is 0 Å². The maximum absolute atomic E-state index is 12.5. The van der Waals surface area contributed by atoms with E-state index >= 15 is 0 Å². The number of rotatable bonds is 11. The number of aliphatic hydroxyl groups excluding tert-OH is 1. The number of carbonyl (C=O) groups is 3. The number of benzene rings is 1. The Balaban J connectivity index is 2.69. The smallest absolute Gasteiger partial charge is 0.408 e. The number of aliphatic hydroxyl groups is 1. The summed E-state index contributed by atoms with van der Waals surface area (Å²) in [5, 5.41) is 13.7. The summed E-state index contributed by atoms with van der Waals surface area (Å²) in [6, 6.07) is 7.09. The highest BCUT2D eigenvalue weighted by Crippen LogP contribution is 2.07. The molecule has 9 heteroatoms. The van der Waals surface area contributed by atoms with E-state index in [0.29, 0.717) is 6.42 Å². The molecule has 154 valence electrons. The van der Waals surface area contributed by atoms with Gasteiger partial charge in [-0.15, -0.1) is 0 Å². The number of primary amides is 1. The Kier molecular flexibility index (Phi) is 10.3. The Morgan fingerprint density at radius 2 is 1.89 bits per heavy atom. The van der Waals surface area contributed by atoms with Crippen molar-refractivity contribution in [3.05, 3.63) is 35.9 Å². The van der Waals surface area contributed by atoms with Gasteiger partial charge in [-0.2, -0.15) is 0 Å². The van der Waals surface area contributed by atoms with Gasteiger partial charge >= 0.3 is 6.09 Å². The van der Waals surface area contributed by atoms with E-state index in [2.05, 4.69) is 15.6 Å². The van der Waals surface area contributed by atoms with E-state index in [1.54, 1.807) is 0 Å². The fourth-order valence-electron chi connectivity index (χ4n) is 2.28. The van der Waals surface area contributed by atoms with E-state index in [-0.39, 0.29) is 25.7 Å². The van der Waals surface area contributed by atoms with Crippen LogP contribution in [0.5, 0.6) is 0 Å². The summed E-state index contributed by atoms with van der Waals surface area (Å²) < 4.78 is 5.15. The van der Waals surface area contributed by atoms with Crippen molar-refractivity contribution in [2.24, 2.45) is 16.6 Å². The predicted molar refractivity (Wildman–Crippen MR) is 105 cm³/mol. The molecule has 0 aliphatic carbocycles. The van der Waals surface area contributed by atoms with Crippen LogP contribution in [0.1, 0.15) is 25.8 Å². The Morgan fingerprint density at radius 3 is 2.46 bits per heavy atom. The van der Waals surface area contributed by atoms with Gasteiger partial charge in [0, 0.05) is 6.21 Å². The van der Waals surface area contributed by atoms with Gasteiger partial charge in [-0.05, 0) is 17.9 Å². The van der Waals surface area contributed by atoms with Crippen LogP contribution in [-0.4, -0.2) is 54.5 Å². The highest BCUT2D eigenvalue weighted by molar-refractivity contribution is 6.01. The molecular formula is C19H28N4O5. The van der Waals surface area contributed by atoms with E-state index in [0.717, 1.165) is 11.8 Å². The molecule has 9 nitrogen and oxygen atoms in total. The summed E-state index contributed by atoms with van der Waals surface area (Å²) in [7, 11) is 0. The van der Waals surface area contributed by atoms with Crippen molar-refractivity contribution in [3.63, 3.8) is 0 Å². The largest absolute Gasteiger partial charge is 0.445 e. The lowest BCUT2D eigenvalue weighted by Gasteiger charge is -2.21. The lowest BCUT2D eigenvalue weighted by atomic mass is 10.0. The number of amides is 3. The minimum atomic E-state index is -1.14. The number of nitrogens with two attached hydrogens (primary N) is 1. The van der Waals surface area contributed by atoms with Gasteiger partial charge in [-0.1, -0.05) is 44.2 Å². The van der Waals surface area contributed by atoms with E-state index in [9.17, 15) is 14.4 Å². The molecule has 0 radical (unpaired) electrons. The first-order valence-corrected chi connectivity index (χ1v) is 9.01. The molecule has 0 saturated carbocycles. The first-order valence-electron chi connectivity index (χ1n) is 9.01. The van der Waals surface area contributed by atoms with Crippen LogP contribution in [-0.2, 0) is 20.9 Å². The topological polar surface area (TPSA) is 143 Å². The third-order valence-corrected chi connectivity index (χ3v) is 3.62. The SMILES string of the molecule is CC(C)C[C@H](NC(=O)OCc1ccccc1)C(=O)NC(C=NCCO)C(N)=O. The van der Waals surface area contributed by atoms with Crippen molar-refractivity contribution >= 4 is 24.1 Å². The number of alkyl carbamates (subject to hydrolysis) is 1. The average Bonchev–Trinajstić information content (AvgIpc) is 2.65. The van der Waals surface area contributed by atoms with E-state index < -0.39 is 30.0 Å². The molecule has 1 aromatic carbocycles. The molecule has 0 aliphatic rings. The summed E-state index contributed by atoms with van der Waals surface area (Å²) in [4.78, 5) is 39.9. The van der Waals surface area contributed by atoms with E-state index in [1.165, 1.54) is 0 Å². The highest BCUT2D eigenvalue weighted by atomic mass is 16.5. The van der Waals surface area contributed by atoms with Gasteiger partial charge in [-0.25, -0.2) is 4.79 Å². The fraction of sp³-hybridized carbons (Fsp3) is 0.474. The highest BCUT2D eigenvalue weighted by Gasteiger charge is 2.26. The molecular weight excluding hydrogens is 364 g/mol. The lowest BCUT2D eigenvalue weighted by molar-refractivity contribution is -0.127. The van der Waals surface area contributed by atoms with Gasteiger partial charge in [-0.3, -0.25) is 14.6 Å². The monoisotopic (exact) mass is 392 g/mol. The third-order valence-electron chi connectivity index (χ3n) is 3.62. The summed E-state index contributed by atoms with van der Waals surface area (Å²) >= 11 is 0. The Labute approximate surface area is 164 Å². The van der Waals surface area contributed by atoms with Crippen LogP contribution in [0, 0.1) is 5.92 Å². The van der Waals surface area contributed by atoms with Crippen LogP contribution in [0.3, 0.4) is 0 Å². The number of nitrogens with zero attached hydrogens (tertiary/aromatic N) is 1. The molecule has 2 atom stereocenters. The van der Waals surface area contributed by atoms with Crippen LogP contribution in [0.2, 0.25) is 0 Å². The number of ether oxygens (including phenoxy) is 1. The van der Waals surface area contributed by atoms with Crippen molar-refractivity contribution in [1.82, 2.24) is 10.6 Å². The molecule has 1 rings (SSSR count). The molecule has 3 amide bonds. The average molecular weight is 392 g/mol. The summed E-state index contributed by atoms with van der Waals surface area (Å²) in [6.45, 7) is 3.75. The van der Waals surface area contributed by atoms with Gasteiger partial charge in [0.05, 0.1) is 13.2 Å². The van der Waals surface area contributed by atoms with Gasteiger partial charge in [0.15, 0.2) is 0 Å². The van der Waals surface area contributed by atoms with Crippen LogP contribution in [0.15, 0.2) is 35.3 Å². The van der Waals surface area contributed by atoms with Crippen molar-refractivity contribution < 1.29 is 24.2 Å². The third kappa shape index (κ3) is 9.13. The zero-order valence-electron chi connectivity index (χ0n) is 16.1. The molecule has 0 aliphatic heterocycles. The van der Waals surface area contributed by atoms with E-state index in [4.69, 9.17) is 15.6 Å². The number of carbonyl (C=O) groups excluding carboxylic acids is 3. The van der Waals surface area contributed by atoms with Crippen molar-refractivity contribution in [3.8, 4) is 0 Å². The molecule has 0 bridgehead atoms. The van der Waals surface area contributed by atoms with Gasteiger partial charge in [0.2, 0.25) is 11.8 Å². The van der Waals surface area contributed by atoms with Crippen LogP contribution in [0.25, 0.3) is 0 Å². The fourth-order valence-corrected chi connectivity index (χ4v) is 2.28. The Bertz CT molecular complexity index is 664. The van der Waals surface area contributed by atoms with Crippen molar-refractivity contribution in [2.45, 2.75) is 39.0 Å². The Hall–Kier alpha value is -2.94. The minimum Gasteiger partial charge on any atom is -0.445 e. The molecule has 0 aromatic heterocycles. The van der Waals surface area contributed by atoms with Crippen LogP contribution >= 0.6 is 0 Å². The van der Waals surface area contributed by atoms with E-state index in [1.807, 2.05) is 44.2 Å². The second kappa shape index (κ2) is 12.4. The summed E-state index contributed by atoms with van der Waals surface area (Å²) in [6.07, 6.45) is 0.761. The quantitative estimate of drug-likeness (QED) is 0.402. The zero-order chi connectivity index (χ0) is 20.9. The first kappa shape index (κ1) is 23.1. The van der Waals surface area contributed by atoms with Gasteiger partial charge in [0.1, 0.15) is 18.7 Å². The molecule has 1 aromatic rings. The summed E-state index contributed by atoms with van der Waals surface area (Å²) in [5.74, 6) is -1.28. The molecule has 0 spiro atoms. The number of aliphatic imine (C=N–C) groups is 1. The standard InChI is InChI=1S/C19H28N4O5/c1-13(2)10-15(18(26)22-16(17(20)25)11-21-8-9-24)23-19(27)28-12-14-6-4-3-5-7-14/h3-7,11,13,15-16,24H,8-10,12H2,1-2H3,(H2,20,25)(H,22,26)(H,23,27)/t15-,16?/m0/s1. The molecule has 0 heterocycles. The maximum atomic E-state index is 12.5. The normalized spacial score (nSPS) is 13.1. The zero-order valence-corrected chi connectivity index (χ0v) is 16.1. The number of nitrogens with one attached hydrogen (secondary N) is 2. The Morgan fingerprint density at radius 1 is 1.21 bits per heavy atom. The molecule has 1 unspecified atom stereocenters. The molecule has 28 heavy (non-hydrogen) atoms. The second-order valence-electron chi connectivity index (χ2n) is 6.56. The minimum absolute atomic E-state index is 0.0699. The molecule has 0 fully saturated rings. The van der Waals surface area contributed by atoms with Crippen molar-refractivity contribution in [1.29, 1.82) is 0 Å². The summed E-state index contributed by atoms with van der Waals surface area (Å²) in [5.41, 5.74) is 6.08. The molecule has 0 saturated heterocycles. The number of hydrogen-bond acceptors (Lipinski definition) is 6. The predicted octanol–water partition coefficient (Wildman–Crippen LogP) is 0.361. The molecule has 5 N–H and O–H groups in total. The van der Waals surface area contributed by atoms with Crippen LogP contribution in [0.4, 0.5) is 4.79 Å². The number of hydrogen-bond donors (Lipinski definition) is 4. The maximum Gasteiger partial charge on any atom is 0.408 e.